The summed E-state index contributed by atoms with van der Waals surface area (Å²) in [6.07, 6.45) is 10.6. The Morgan fingerprint density at radius 3 is 2.48 bits per heavy atom. The minimum absolute atomic E-state index is 0.0584. The maximum Gasteiger partial charge on any atom is 0.238 e. The summed E-state index contributed by atoms with van der Waals surface area (Å²) in [4.78, 5) is 26.4. The van der Waals surface area contributed by atoms with Crippen LogP contribution in [0.3, 0.4) is 0 Å². The van der Waals surface area contributed by atoms with Gasteiger partial charge in [-0.2, -0.15) is 0 Å². The number of amides is 1. The van der Waals surface area contributed by atoms with E-state index in [1.54, 1.807) is 0 Å². The molecule has 3 rings (SSSR count). The van der Waals surface area contributed by atoms with Gasteiger partial charge >= 0.3 is 0 Å². The third-order valence-electron chi connectivity index (χ3n) is 5.33. The second kappa shape index (κ2) is 6.78. The average Bonchev–Trinajstić information content (AvgIpc) is 2.86. The minimum Gasteiger partial charge on any atom is -0.350 e. The van der Waals surface area contributed by atoms with Gasteiger partial charge in [-0.1, -0.05) is 55.7 Å². The molecule has 1 N–H and O–H groups in total. The summed E-state index contributed by atoms with van der Waals surface area (Å²) >= 11 is 0. The van der Waals surface area contributed by atoms with Gasteiger partial charge in [0, 0.05) is 11.1 Å². The van der Waals surface area contributed by atoms with E-state index < -0.39 is 5.41 Å². The lowest BCUT2D eigenvalue weighted by Gasteiger charge is -2.29. The lowest BCUT2D eigenvalue weighted by molar-refractivity contribution is -0.127. The Kier molecular flexibility index (Phi) is 4.86. The van der Waals surface area contributed by atoms with Gasteiger partial charge < -0.3 is 5.32 Å². The van der Waals surface area contributed by atoms with Gasteiger partial charge in [0.1, 0.15) is 5.41 Å². The number of carbonyl (C=O) groups is 2. The Hall–Kier alpha value is -1.90. The number of carbonyl (C=O) groups excluding carboxylic acids is 2. The highest BCUT2D eigenvalue weighted by atomic mass is 16.2. The summed E-state index contributed by atoms with van der Waals surface area (Å²) in [5.41, 5.74) is 0.219. The minimum atomic E-state index is -1.09. The van der Waals surface area contributed by atoms with Crippen LogP contribution in [0.1, 0.15) is 68.8 Å². The lowest BCUT2D eigenvalue weighted by Crippen LogP contribution is -2.51. The van der Waals surface area contributed by atoms with Crippen LogP contribution in [0.15, 0.2) is 36.4 Å². The van der Waals surface area contributed by atoms with Crippen LogP contribution in [0, 0.1) is 11.3 Å². The van der Waals surface area contributed by atoms with Crippen molar-refractivity contribution in [2.75, 3.05) is 0 Å². The monoisotopic (exact) mass is 339 g/mol. The molecule has 0 spiro atoms. The lowest BCUT2D eigenvalue weighted by atomic mass is 9.79. The van der Waals surface area contributed by atoms with Crippen molar-refractivity contribution < 1.29 is 9.59 Å². The first-order valence-electron chi connectivity index (χ1n) is 9.46. The Morgan fingerprint density at radius 2 is 1.84 bits per heavy atom. The van der Waals surface area contributed by atoms with Crippen LogP contribution in [-0.4, -0.2) is 17.2 Å². The van der Waals surface area contributed by atoms with Crippen LogP contribution in [0.25, 0.3) is 0 Å². The molecule has 1 aromatic rings. The third kappa shape index (κ3) is 3.70. The molecule has 0 saturated heterocycles. The van der Waals surface area contributed by atoms with Crippen molar-refractivity contribution in [2.24, 2.45) is 11.3 Å². The normalized spacial score (nSPS) is 24.5. The summed E-state index contributed by atoms with van der Waals surface area (Å²) in [6.45, 7) is 5.86. The average molecular weight is 339 g/mol. The quantitative estimate of drug-likeness (QED) is 0.652. The maximum absolute atomic E-state index is 13.2. The topological polar surface area (TPSA) is 46.2 Å². The van der Waals surface area contributed by atoms with Gasteiger partial charge in [-0.25, -0.2) is 0 Å². The second-order valence-electron chi connectivity index (χ2n) is 8.60. The molecule has 1 amide bonds. The smallest absolute Gasteiger partial charge is 0.238 e. The summed E-state index contributed by atoms with van der Waals surface area (Å²) in [5, 5.41) is 3.04. The molecule has 25 heavy (non-hydrogen) atoms. The number of hydrogen-bond donors (Lipinski definition) is 1. The largest absolute Gasteiger partial charge is 0.350 e. The van der Waals surface area contributed by atoms with E-state index in [1.165, 1.54) is 19.3 Å². The standard InChI is InChI=1S/C22H29NO2/c1-21(2,3)23-20(25)22(14-13-16-9-5-4-6-10-16)15-17-11-7-8-12-18(17)19(22)24/h7-8,11-14,16H,4-6,9-10,15H2,1-3H3,(H,23,25)/b14-13+/t22-/m0/s1. The molecule has 0 aromatic heterocycles. The van der Waals surface area contributed by atoms with Crippen molar-refractivity contribution in [3.05, 3.63) is 47.5 Å². The van der Waals surface area contributed by atoms with E-state index in [2.05, 4.69) is 11.4 Å². The molecule has 0 unspecified atom stereocenters. The highest BCUT2D eigenvalue weighted by molar-refractivity contribution is 6.19. The molecule has 0 radical (unpaired) electrons. The number of fused-ring (bicyclic) bond motifs is 1. The van der Waals surface area contributed by atoms with Gasteiger partial charge in [0.15, 0.2) is 5.78 Å². The number of nitrogens with one attached hydrogen (secondary N) is 1. The zero-order valence-corrected chi connectivity index (χ0v) is 15.6. The van der Waals surface area contributed by atoms with Gasteiger partial charge in [0.2, 0.25) is 5.91 Å². The number of benzene rings is 1. The molecule has 2 aliphatic carbocycles. The van der Waals surface area contributed by atoms with E-state index in [1.807, 2.05) is 51.1 Å². The molecule has 1 atom stereocenters. The Bertz CT molecular complexity index is 692. The number of Topliss-reactive ketones (excluding diaryl/α,β-unsaturated/α-hetero) is 1. The van der Waals surface area contributed by atoms with Crippen molar-refractivity contribution in [1.29, 1.82) is 0 Å². The second-order valence-corrected chi connectivity index (χ2v) is 8.60. The fraction of sp³-hybridized carbons (Fsp3) is 0.545. The van der Waals surface area contributed by atoms with Crippen LogP contribution in [-0.2, 0) is 11.2 Å². The molecular weight excluding hydrogens is 310 g/mol. The molecule has 0 heterocycles. The molecule has 134 valence electrons. The summed E-state index contributed by atoms with van der Waals surface area (Å²) in [6, 6.07) is 7.63. The highest BCUT2D eigenvalue weighted by Gasteiger charge is 2.50. The van der Waals surface area contributed by atoms with E-state index in [-0.39, 0.29) is 17.2 Å². The van der Waals surface area contributed by atoms with Gasteiger partial charge in [-0.3, -0.25) is 9.59 Å². The number of allylic oxidation sites excluding steroid dienone is 1. The molecule has 2 aliphatic rings. The number of hydrogen-bond acceptors (Lipinski definition) is 2. The molecule has 1 aromatic carbocycles. The van der Waals surface area contributed by atoms with Gasteiger partial charge in [0.05, 0.1) is 0 Å². The number of rotatable bonds is 3. The zero-order chi connectivity index (χ0) is 18.1. The summed E-state index contributed by atoms with van der Waals surface area (Å²) < 4.78 is 0. The molecule has 1 fully saturated rings. The summed E-state index contributed by atoms with van der Waals surface area (Å²) in [5.74, 6) is 0.259. The van der Waals surface area contributed by atoms with Crippen molar-refractivity contribution in [3.8, 4) is 0 Å². The number of ketones is 1. The van der Waals surface area contributed by atoms with Gasteiger partial charge in [-0.05, 0) is 51.5 Å². The Labute approximate surface area is 150 Å². The Morgan fingerprint density at radius 1 is 1.16 bits per heavy atom. The predicted molar refractivity (Wildman–Crippen MR) is 101 cm³/mol. The van der Waals surface area contributed by atoms with Crippen LogP contribution < -0.4 is 5.32 Å². The SMILES string of the molecule is CC(C)(C)NC(=O)[C@@]1(/C=C/C2CCCCC2)Cc2ccccc2C1=O. The first kappa shape index (κ1) is 17.9. The first-order valence-corrected chi connectivity index (χ1v) is 9.46. The van der Waals surface area contributed by atoms with Crippen LogP contribution in [0.5, 0.6) is 0 Å². The Balaban J connectivity index is 1.94. The van der Waals surface area contributed by atoms with E-state index in [4.69, 9.17) is 0 Å². The van der Waals surface area contributed by atoms with Crippen molar-refractivity contribution >= 4 is 11.7 Å². The van der Waals surface area contributed by atoms with Crippen LogP contribution in [0.4, 0.5) is 0 Å². The van der Waals surface area contributed by atoms with Gasteiger partial charge in [0.25, 0.3) is 0 Å². The van der Waals surface area contributed by atoms with Crippen molar-refractivity contribution in [3.63, 3.8) is 0 Å². The zero-order valence-electron chi connectivity index (χ0n) is 15.6. The molecule has 0 aliphatic heterocycles. The molecule has 0 bridgehead atoms. The van der Waals surface area contributed by atoms with Crippen LogP contribution >= 0.6 is 0 Å². The maximum atomic E-state index is 13.2. The van der Waals surface area contributed by atoms with E-state index in [9.17, 15) is 9.59 Å². The van der Waals surface area contributed by atoms with E-state index >= 15 is 0 Å². The fourth-order valence-electron chi connectivity index (χ4n) is 3.99. The van der Waals surface area contributed by atoms with Gasteiger partial charge in [-0.15, -0.1) is 0 Å². The van der Waals surface area contributed by atoms with E-state index in [0.29, 0.717) is 17.9 Å². The molecule has 3 heteroatoms. The van der Waals surface area contributed by atoms with Crippen molar-refractivity contribution in [2.45, 2.75) is 64.8 Å². The molecule has 3 nitrogen and oxygen atoms in total. The highest BCUT2D eigenvalue weighted by Crippen LogP contribution is 2.40. The molecule has 1 saturated carbocycles. The van der Waals surface area contributed by atoms with E-state index in [0.717, 1.165) is 18.4 Å². The van der Waals surface area contributed by atoms with Crippen molar-refractivity contribution in [1.82, 2.24) is 5.32 Å². The van der Waals surface area contributed by atoms with Crippen LogP contribution in [0.2, 0.25) is 0 Å². The molecular formula is C22H29NO2. The first-order chi connectivity index (χ1) is 11.8. The summed E-state index contributed by atoms with van der Waals surface area (Å²) in [7, 11) is 0. The third-order valence-corrected chi connectivity index (χ3v) is 5.33. The fourth-order valence-corrected chi connectivity index (χ4v) is 3.99. The predicted octanol–water partition coefficient (Wildman–Crippen LogP) is 4.46.